The van der Waals surface area contributed by atoms with Crippen LogP contribution in [-0.4, -0.2) is 33.1 Å². The van der Waals surface area contributed by atoms with Gasteiger partial charge in [0.2, 0.25) is 4.87 Å². The molecule has 0 amide bonds. The van der Waals surface area contributed by atoms with Crippen LogP contribution >= 0.6 is 12.2 Å². The van der Waals surface area contributed by atoms with Gasteiger partial charge in [-0.3, -0.25) is 10.6 Å². The maximum atomic E-state index is 13.4. The van der Waals surface area contributed by atoms with Gasteiger partial charge in [-0.1, -0.05) is 48.6 Å². The Labute approximate surface area is 141 Å². The Morgan fingerprint density at radius 1 is 1.50 bits per heavy atom. The summed E-state index contributed by atoms with van der Waals surface area (Å²) < 4.78 is 15.2. The van der Waals surface area contributed by atoms with Gasteiger partial charge in [-0.25, -0.2) is 0 Å². The van der Waals surface area contributed by atoms with Gasteiger partial charge in [-0.15, -0.1) is 6.58 Å². The average Bonchev–Trinajstić information content (AvgIpc) is 2.79. The summed E-state index contributed by atoms with van der Waals surface area (Å²) in [6.07, 6.45) is 2.33. The standard InChI is InChI=1S/C16H23N3OS2/c1-5-11-16(17-4,13-9-7-6-8-10-13)22(20)19-12-18-15(2,3)14(19)21/h5-10,17-18H,1,11-12H2,2-4H3. The van der Waals surface area contributed by atoms with Gasteiger partial charge in [0.25, 0.3) is 0 Å². The van der Waals surface area contributed by atoms with Crippen molar-refractivity contribution in [3.8, 4) is 0 Å². The fourth-order valence-corrected chi connectivity index (χ4v) is 4.63. The van der Waals surface area contributed by atoms with E-state index in [4.69, 9.17) is 12.2 Å². The van der Waals surface area contributed by atoms with Gasteiger partial charge in [0, 0.05) is 12.0 Å². The predicted octanol–water partition coefficient (Wildman–Crippen LogP) is 2.27. The zero-order chi connectivity index (χ0) is 16.4. The molecule has 1 heterocycles. The van der Waals surface area contributed by atoms with Crippen LogP contribution in [0.1, 0.15) is 25.8 Å². The first-order chi connectivity index (χ1) is 10.4. The molecule has 2 unspecified atom stereocenters. The molecular formula is C16H23N3OS2. The topological polar surface area (TPSA) is 50.4 Å². The second-order valence-corrected chi connectivity index (χ2v) is 7.85. The van der Waals surface area contributed by atoms with E-state index in [1.807, 2.05) is 51.2 Å². The van der Waals surface area contributed by atoms with Crippen LogP contribution in [0.4, 0.5) is 0 Å². The normalized spacial score (nSPS) is 21.5. The van der Waals surface area contributed by atoms with Crippen molar-refractivity contribution in [2.75, 3.05) is 13.7 Å². The third kappa shape index (κ3) is 2.94. The molecule has 2 N–H and O–H groups in total. The van der Waals surface area contributed by atoms with E-state index in [1.165, 1.54) is 0 Å². The molecule has 0 radical (unpaired) electrons. The highest BCUT2D eigenvalue weighted by Crippen LogP contribution is 2.36. The number of hydrogen-bond acceptors (Lipinski definition) is 4. The molecule has 120 valence electrons. The van der Waals surface area contributed by atoms with E-state index in [2.05, 4.69) is 17.2 Å². The third-order valence-electron chi connectivity index (χ3n) is 4.00. The summed E-state index contributed by atoms with van der Waals surface area (Å²) in [6.45, 7) is 8.32. The number of hydrogen-bond donors (Lipinski definition) is 2. The SMILES string of the molecule is C=CCC(NC)(c1ccccc1)[S+]([O-])N1CNC(C)(C)C1=S. The minimum Gasteiger partial charge on any atom is -0.591 e. The molecule has 1 aromatic rings. The van der Waals surface area contributed by atoms with Crippen molar-refractivity contribution in [2.45, 2.75) is 30.7 Å². The zero-order valence-corrected chi connectivity index (χ0v) is 14.9. The highest BCUT2D eigenvalue weighted by atomic mass is 32.2. The Morgan fingerprint density at radius 3 is 2.59 bits per heavy atom. The lowest BCUT2D eigenvalue weighted by molar-refractivity contribution is 0.429. The summed E-state index contributed by atoms with van der Waals surface area (Å²) >= 11 is 4.15. The third-order valence-corrected chi connectivity index (χ3v) is 6.76. The maximum Gasteiger partial charge on any atom is 0.231 e. The molecule has 1 aliphatic rings. The molecule has 0 bridgehead atoms. The summed E-state index contributed by atoms with van der Waals surface area (Å²) in [5.41, 5.74) is 0.637. The van der Waals surface area contributed by atoms with Gasteiger partial charge in [0.1, 0.15) is 11.7 Å². The Morgan fingerprint density at radius 2 is 2.14 bits per heavy atom. The molecule has 0 saturated carbocycles. The molecule has 1 saturated heterocycles. The minimum absolute atomic E-state index is 0.324. The van der Waals surface area contributed by atoms with Crippen molar-refractivity contribution >= 4 is 28.6 Å². The van der Waals surface area contributed by atoms with E-state index in [-0.39, 0.29) is 5.54 Å². The van der Waals surface area contributed by atoms with E-state index < -0.39 is 16.2 Å². The van der Waals surface area contributed by atoms with Gasteiger partial charge in [0.05, 0.1) is 16.9 Å². The molecule has 2 rings (SSSR count). The Bertz CT molecular complexity index is 550. The molecule has 0 aromatic heterocycles. The first-order valence-corrected chi connectivity index (χ1v) is 8.75. The molecular weight excluding hydrogens is 314 g/mol. The Hall–Kier alpha value is -0.920. The molecule has 22 heavy (non-hydrogen) atoms. The Kier molecular flexibility index (Phi) is 5.29. The summed E-state index contributed by atoms with van der Waals surface area (Å²) in [5, 5.41) is 6.56. The van der Waals surface area contributed by atoms with E-state index in [0.717, 1.165) is 5.56 Å². The summed E-state index contributed by atoms with van der Waals surface area (Å²) in [6, 6.07) is 9.81. The van der Waals surface area contributed by atoms with E-state index >= 15 is 0 Å². The molecule has 2 atom stereocenters. The lowest BCUT2D eigenvalue weighted by Gasteiger charge is -2.38. The van der Waals surface area contributed by atoms with Crippen molar-refractivity contribution in [1.29, 1.82) is 0 Å². The highest BCUT2D eigenvalue weighted by Gasteiger charge is 2.51. The van der Waals surface area contributed by atoms with Crippen molar-refractivity contribution < 1.29 is 4.55 Å². The number of benzene rings is 1. The minimum atomic E-state index is -1.37. The molecule has 4 nitrogen and oxygen atoms in total. The largest absolute Gasteiger partial charge is 0.591 e. The lowest BCUT2D eigenvalue weighted by Crippen LogP contribution is -2.54. The predicted molar refractivity (Wildman–Crippen MR) is 96.7 cm³/mol. The van der Waals surface area contributed by atoms with E-state index in [1.54, 1.807) is 10.4 Å². The zero-order valence-electron chi connectivity index (χ0n) is 13.3. The lowest BCUT2D eigenvalue weighted by atomic mass is 10.0. The van der Waals surface area contributed by atoms with Crippen LogP contribution in [-0.2, 0) is 16.2 Å². The highest BCUT2D eigenvalue weighted by molar-refractivity contribution is 7.92. The average molecular weight is 338 g/mol. The van der Waals surface area contributed by atoms with Crippen LogP contribution in [0.2, 0.25) is 0 Å². The molecule has 6 heteroatoms. The monoisotopic (exact) mass is 337 g/mol. The fraction of sp³-hybridized carbons (Fsp3) is 0.438. The number of rotatable bonds is 6. The van der Waals surface area contributed by atoms with E-state index in [0.29, 0.717) is 18.1 Å². The fourth-order valence-electron chi connectivity index (χ4n) is 2.58. The van der Waals surface area contributed by atoms with Gasteiger partial charge in [-0.05, 0) is 20.9 Å². The Balaban J connectivity index is 2.42. The molecule has 0 spiro atoms. The summed E-state index contributed by atoms with van der Waals surface area (Å²) in [5.74, 6) is 0. The summed E-state index contributed by atoms with van der Waals surface area (Å²) in [4.78, 5) is -0.0692. The summed E-state index contributed by atoms with van der Waals surface area (Å²) in [7, 11) is 1.83. The van der Waals surface area contributed by atoms with Crippen molar-refractivity contribution in [2.24, 2.45) is 0 Å². The second-order valence-electron chi connectivity index (χ2n) is 5.83. The smallest absolute Gasteiger partial charge is 0.231 e. The molecule has 1 fully saturated rings. The van der Waals surface area contributed by atoms with Crippen molar-refractivity contribution in [3.63, 3.8) is 0 Å². The number of nitrogens with zero attached hydrogens (tertiary/aromatic N) is 1. The van der Waals surface area contributed by atoms with Gasteiger partial charge >= 0.3 is 0 Å². The number of thiocarbonyl (C=S) groups is 1. The maximum absolute atomic E-state index is 13.4. The molecule has 0 aliphatic carbocycles. The number of nitrogens with one attached hydrogen (secondary N) is 2. The van der Waals surface area contributed by atoms with Gasteiger partial charge in [-0.2, -0.15) is 4.31 Å². The van der Waals surface area contributed by atoms with Crippen molar-refractivity contribution in [3.05, 3.63) is 48.6 Å². The van der Waals surface area contributed by atoms with Crippen LogP contribution in [0, 0.1) is 0 Å². The van der Waals surface area contributed by atoms with Gasteiger partial charge < -0.3 is 4.55 Å². The first-order valence-electron chi connectivity index (χ1n) is 7.23. The van der Waals surface area contributed by atoms with Crippen molar-refractivity contribution in [1.82, 2.24) is 14.9 Å². The van der Waals surface area contributed by atoms with E-state index in [9.17, 15) is 4.55 Å². The van der Waals surface area contributed by atoms with Crippen LogP contribution in [0.15, 0.2) is 43.0 Å². The first kappa shape index (κ1) is 17.4. The van der Waals surface area contributed by atoms with Crippen LogP contribution in [0.25, 0.3) is 0 Å². The quantitative estimate of drug-likeness (QED) is 0.474. The van der Waals surface area contributed by atoms with Crippen LogP contribution in [0.3, 0.4) is 0 Å². The molecule has 1 aromatic carbocycles. The van der Waals surface area contributed by atoms with Crippen LogP contribution < -0.4 is 10.6 Å². The van der Waals surface area contributed by atoms with Crippen LogP contribution in [0.5, 0.6) is 0 Å². The van der Waals surface area contributed by atoms with Gasteiger partial charge in [0.15, 0.2) is 0 Å². The second kappa shape index (κ2) is 6.68. The molecule has 1 aliphatic heterocycles.